The Kier molecular flexibility index (Phi) is 8.83. The standard InChI is InChI=1S/C36H40F2N8O/c1-36(2,28-14-5-4-13-27(28)26-12-10-11-25(23-26)24-44-17-8-3-9-18-44)43-33-40-34(45-19-21-47-22-20-45)42-35(41-33)46-30-16-7-6-15-29(30)39-32(46)31(37)38/h4-7,10-16,23,31H,3,8-9,17-22,24H2,1-2H3,(H,40,41,42,43). The highest BCUT2D eigenvalue weighted by Gasteiger charge is 2.28. The van der Waals surface area contributed by atoms with Gasteiger partial charge in [0, 0.05) is 19.6 Å². The van der Waals surface area contributed by atoms with Crippen LogP contribution < -0.4 is 10.2 Å². The Balaban J connectivity index is 1.27. The zero-order valence-corrected chi connectivity index (χ0v) is 26.9. The second-order valence-electron chi connectivity index (χ2n) is 12.8. The normalized spacial score (nSPS) is 16.2. The Hall–Kier alpha value is -4.48. The molecule has 2 fully saturated rings. The number of para-hydroxylation sites is 2. The fraction of sp³-hybridized carbons (Fsp3) is 0.389. The zero-order valence-electron chi connectivity index (χ0n) is 26.9. The molecule has 244 valence electrons. The number of piperidine rings is 1. The van der Waals surface area contributed by atoms with E-state index in [-0.39, 0.29) is 11.9 Å². The molecule has 0 aliphatic carbocycles. The average Bonchev–Trinajstić information content (AvgIpc) is 3.49. The van der Waals surface area contributed by atoms with E-state index in [1.54, 1.807) is 24.3 Å². The van der Waals surface area contributed by atoms with Crippen molar-refractivity contribution >= 4 is 22.9 Å². The Labute approximate surface area is 273 Å². The molecule has 2 aromatic heterocycles. The molecule has 0 atom stereocenters. The summed E-state index contributed by atoms with van der Waals surface area (Å²) in [6, 6.07) is 24.2. The summed E-state index contributed by atoms with van der Waals surface area (Å²) in [5, 5.41) is 3.55. The van der Waals surface area contributed by atoms with Crippen LogP contribution in [0.1, 0.15) is 56.5 Å². The van der Waals surface area contributed by atoms with Gasteiger partial charge < -0.3 is 15.0 Å². The highest BCUT2D eigenvalue weighted by molar-refractivity contribution is 5.78. The number of hydrogen-bond donors (Lipinski definition) is 1. The first-order valence-corrected chi connectivity index (χ1v) is 16.4. The van der Waals surface area contributed by atoms with Crippen molar-refractivity contribution in [2.75, 3.05) is 49.6 Å². The smallest absolute Gasteiger partial charge is 0.296 e. The van der Waals surface area contributed by atoms with Gasteiger partial charge in [0.15, 0.2) is 5.82 Å². The second kappa shape index (κ2) is 13.3. The maximum Gasteiger partial charge on any atom is 0.296 e. The van der Waals surface area contributed by atoms with E-state index in [2.05, 4.69) is 71.5 Å². The molecule has 0 unspecified atom stereocenters. The summed E-state index contributed by atoms with van der Waals surface area (Å²) < 4.78 is 35.6. The van der Waals surface area contributed by atoms with Crippen molar-refractivity contribution in [3.05, 3.63) is 89.7 Å². The molecule has 4 heterocycles. The molecule has 2 aliphatic heterocycles. The number of nitrogens with one attached hydrogen (secondary N) is 1. The molecular formula is C36H40F2N8O. The fourth-order valence-electron chi connectivity index (χ4n) is 6.66. The summed E-state index contributed by atoms with van der Waals surface area (Å²) in [7, 11) is 0. The molecular weight excluding hydrogens is 598 g/mol. The number of halogens is 2. The molecule has 47 heavy (non-hydrogen) atoms. The number of hydrogen-bond acceptors (Lipinski definition) is 8. The van der Waals surface area contributed by atoms with Gasteiger partial charge >= 0.3 is 0 Å². The zero-order chi connectivity index (χ0) is 32.4. The lowest BCUT2D eigenvalue weighted by molar-refractivity contribution is 0.122. The number of likely N-dealkylation sites (tertiary alicyclic amines) is 1. The lowest BCUT2D eigenvalue weighted by Gasteiger charge is -2.31. The highest BCUT2D eigenvalue weighted by Crippen LogP contribution is 2.35. The summed E-state index contributed by atoms with van der Waals surface area (Å²) in [6.45, 7) is 9.60. The van der Waals surface area contributed by atoms with Crippen LogP contribution in [0.4, 0.5) is 20.7 Å². The van der Waals surface area contributed by atoms with Crippen LogP contribution in [-0.4, -0.2) is 68.8 Å². The van der Waals surface area contributed by atoms with Gasteiger partial charge in [0.05, 0.1) is 29.8 Å². The van der Waals surface area contributed by atoms with Crippen molar-refractivity contribution < 1.29 is 13.5 Å². The van der Waals surface area contributed by atoms with Crippen molar-refractivity contribution in [1.82, 2.24) is 29.4 Å². The lowest BCUT2D eigenvalue weighted by Crippen LogP contribution is -2.38. The van der Waals surface area contributed by atoms with E-state index >= 15 is 0 Å². The van der Waals surface area contributed by atoms with Gasteiger partial charge in [-0.1, -0.05) is 61.0 Å². The molecule has 3 aromatic carbocycles. The Morgan fingerprint density at radius 2 is 1.55 bits per heavy atom. The Morgan fingerprint density at radius 3 is 2.36 bits per heavy atom. The third-order valence-corrected chi connectivity index (χ3v) is 9.01. The van der Waals surface area contributed by atoms with E-state index < -0.39 is 17.8 Å². The van der Waals surface area contributed by atoms with Crippen molar-refractivity contribution in [2.24, 2.45) is 0 Å². The molecule has 9 nitrogen and oxygen atoms in total. The van der Waals surface area contributed by atoms with E-state index in [4.69, 9.17) is 19.7 Å². The van der Waals surface area contributed by atoms with Gasteiger partial charge in [0.25, 0.3) is 6.43 Å². The number of rotatable bonds is 9. The number of morpholine rings is 1. The van der Waals surface area contributed by atoms with Gasteiger partial charge in [-0.05, 0) is 80.2 Å². The molecule has 0 spiro atoms. The molecule has 2 saturated heterocycles. The van der Waals surface area contributed by atoms with Crippen LogP contribution in [-0.2, 0) is 16.8 Å². The number of imidazole rings is 1. The van der Waals surface area contributed by atoms with Crippen molar-refractivity contribution in [3.8, 4) is 17.1 Å². The number of nitrogens with zero attached hydrogens (tertiary/aromatic N) is 7. The highest BCUT2D eigenvalue weighted by atomic mass is 19.3. The lowest BCUT2D eigenvalue weighted by atomic mass is 9.86. The molecule has 0 radical (unpaired) electrons. The summed E-state index contributed by atoms with van der Waals surface area (Å²) in [6.07, 6.45) is 1.01. The SMILES string of the molecule is CC(C)(Nc1nc(N2CCOCC2)nc(-n2c(C(F)F)nc3ccccc32)n1)c1ccccc1-c1cccc(CN2CCCCC2)c1. The van der Waals surface area contributed by atoms with Crippen LogP contribution in [0.3, 0.4) is 0 Å². The van der Waals surface area contributed by atoms with Crippen molar-refractivity contribution in [1.29, 1.82) is 0 Å². The van der Waals surface area contributed by atoms with Gasteiger partial charge in [-0.3, -0.25) is 9.47 Å². The van der Waals surface area contributed by atoms with Gasteiger partial charge in [-0.25, -0.2) is 13.8 Å². The predicted octanol–water partition coefficient (Wildman–Crippen LogP) is 6.98. The van der Waals surface area contributed by atoms with Crippen LogP contribution in [0.2, 0.25) is 0 Å². The third-order valence-electron chi connectivity index (χ3n) is 9.01. The fourth-order valence-corrected chi connectivity index (χ4v) is 6.66. The topological polar surface area (TPSA) is 84.2 Å². The van der Waals surface area contributed by atoms with Gasteiger partial charge in [-0.2, -0.15) is 15.0 Å². The first kappa shape index (κ1) is 31.1. The number of ether oxygens (including phenoxy) is 1. The quantitative estimate of drug-likeness (QED) is 0.185. The summed E-state index contributed by atoms with van der Waals surface area (Å²) >= 11 is 0. The van der Waals surface area contributed by atoms with Crippen LogP contribution in [0.15, 0.2) is 72.8 Å². The molecule has 0 saturated carbocycles. The third kappa shape index (κ3) is 6.68. The van der Waals surface area contributed by atoms with Crippen LogP contribution in [0.5, 0.6) is 0 Å². The van der Waals surface area contributed by atoms with Crippen LogP contribution in [0.25, 0.3) is 28.1 Å². The molecule has 0 amide bonds. The minimum atomic E-state index is -2.82. The maximum absolute atomic E-state index is 14.4. The molecule has 11 heteroatoms. The Bertz CT molecular complexity index is 1850. The summed E-state index contributed by atoms with van der Waals surface area (Å²) in [4.78, 5) is 23.0. The minimum Gasteiger partial charge on any atom is -0.378 e. The summed E-state index contributed by atoms with van der Waals surface area (Å²) in [5.41, 5.74) is 4.90. The van der Waals surface area contributed by atoms with Crippen LogP contribution in [0, 0.1) is 0 Å². The van der Waals surface area contributed by atoms with E-state index in [0.717, 1.165) is 36.3 Å². The van der Waals surface area contributed by atoms with Crippen molar-refractivity contribution in [3.63, 3.8) is 0 Å². The average molecular weight is 639 g/mol. The monoisotopic (exact) mass is 638 g/mol. The van der Waals surface area contributed by atoms with Gasteiger partial charge in [-0.15, -0.1) is 0 Å². The first-order valence-electron chi connectivity index (χ1n) is 16.4. The van der Waals surface area contributed by atoms with E-state index in [1.807, 2.05) is 11.0 Å². The van der Waals surface area contributed by atoms with Gasteiger partial charge in [0.2, 0.25) is 17.8 Å². The molecule has 7 rings (SSSR count). The van der Waals surface area contributed by atoms with E-state index in [1.165, 1.54) is 29.4 Å². The predicted molar refractivity (Wildman–Crippen MR) is 180 cm³/mol. The maximum atomic E-state index is 14.4. The number of fused-ring (bicyclic) bond motifs is 1. The van der Waals surface area contributed by atoms with E-state index in [0.29, 0.717) is 43.3 Å². The number of alkyl halides is 2. The summed E-state index contributed by atoms with van der Waals surface area (Å²) in [5.74, 6) is 0.356. The van der Waals surface area contributed by atoms with Crippen molar-refractivity contribution in [2.45, 2.75) is 51.6 Å². The minimum absolute atomic E-state index is 0.0856. The van der Waals surface area contributed by atoms with Gasteiger partial charge in [0.1, 0.15) is 0 Å². The molecule has 2 aliphatic rings. The number of aromatic nitrogens is 5. The molecule has 0 bridgehead atoms. The molecule has 1 N–H and O–H groups in total. The second-order valence-corrected chi connectivity index (χ2v) is 12.8. The molecule has 5 aromatic rings. The Morgan fingerprint density at radius 1 is 0.809 bits per heavy atom. The van der Waals surface area contributed by atoms with Crippen LogP contribution >= 0.6 is 0 Å². The first-order chi connectivity index (χ1) is 22.9. The number of benzene rings is 3. The largest absolute Gasteiger partial charge is 0.378 e. The number of anilines is 2. The van der Waals surface area contributed by atoms with E-state index in [9.17, 15) is 8.78 Å².